The standard InChI is InChI=1S/C16H20FNO/c17-13-4-1-3-11(7-13)8-16(19)12-9-14-5-2-6-15(10-12)18-14/h1,3-4,7,12,14-15,18H,2,5-6,8-10H2. The molecule has 3 rings (SSSR count). The topological polar surface area (TPSA) is 29.1 Å². The average molecular weight is 261 g/mol. The fraction of sp³-hybridized carbons (Fsp3) is 0.562. The van der Waals surface area contributed by atoms with Crippen LogP contribution in [-0.4, -0.2) is 17.9 Å². The van der Waals surface area contributed by atoms with E-state index in [0.29, 0.717) is 18.5 Å². The monoisotopic (exact) mass is 261 g/mol. The molecule has 0 amide bonds. The number of carbonyl (C=O) groups is 1. The third kappa shape index (κ3) is 3.03. The molecule has 0 saturated carbocycles. The number of Topliss-reactive ketones (excluding diaryl/α,β-unsaturated/α-hetero) is 1. The first-order valence-corrected chi connectivity index (χ1v) is 7.24. The van der Waals surface area contributed by atoms with Crippen LogP contribution in [0.3, 0.4) is 0 Å². The van der Waals surface area contributed by atoms with Crippen LogP contribution in [-0.2, 0) is 11.2 Å². The molecule has 2 fully saturated rings. The minimum atomic E-state index is -0.257. The van der Waals surface area contributed by atoms with Gasteiger partial charge in [-0.15, -0.1) is 0 Å². The Morgan fingerprint density at radius 3 is 2.68 bits per heavy atom. The third-order valence-electron chi connectivity index (χ3n) is 4.44. The quantitative estimate of drug-likeness (QED) is 0.906. The minimum Gasteiger partial charge on any atom is -0.311 e. The van der Waals surface area contributed by atoms with Gasteiger partial charge < -0.3 is 5.32 Å². The molecular formula is C16H20FNO. The SMILES string of the molecule is O=C(Cc1cccc(F)c1)C1CC2CCCC(C1)N2. The van der Waals surface area contributed by atoms with Crippen molar-refractivity contribution in [3.05, 3.63) is 35.6 Å². The third-order valence-corrected chi connectivity index (χ3v) is 4.44. The Labute approximate surface area is 113 Å². The zero-order chi connectivity index (χ0) is 13.2. The van der Waals surface area contributed by atoms with Crippen LogP contribution in [0, 0.1) is 11.7 Å². The highest BCUT2D eigenvalue weighted by molar-refractivity contribution is 5.83. The summed E-state index contributed by atoms with van der Waals surface area (Å²) in [7, 11) is 0. The zero-order valence-corrected chi connectivity index (χ0v) is 11.1. The Kier molecular flexibility index (Phi) is 3.65. The Morgan fingerprint density at radius 2 is 2.00 bits per heavy atom. The van der Waals surface area contributed by atoms with Gasteiger partial charge in [-0.05, 0) is 43.4 Å². The zero-order valence-electron chi connectivity index (χ0n) is 11.1. The molecule has 2 aliphatic rings. The predicted octanol–water partition coefficient (Wildman–Crippen LogP) is 2.86. The lowest BCUT2D eigenvalue weighted by Crippen LogP contribution is -2.50. The molecule has 2 bridgehead atoms. The first kappa shape index (κ1) is 12.8. The van der Waals surface area contributed by atoms with Crippen LogP contribution in [0.15, 0.2) is 24.3 Å². The average Bonchev–Trinajstić information content (AvgIpc) is 2.38. The van der Waals surface area contributed by atoms with Crippen LogP contribution >= 0.6 is 0 Å². The summed E-state index contributed by atoms with van der Waals surface area (Å²) in [4.78, 5) is 12.4. The molecule has 2 unspecified atom stereocenters. The number of halogens is 1. The predicted molar refractivity (Wildman–Crippen MR) is 72.4 cm³/mol. The van der Waals surface area contributed by atoms with E-state index in [9.17, 15) is 9.18 Å². The summed E-state index contributed by atoms with van der Waals surface area (Å²) in [6.45, 7) is 0. The van der Waals surface area contributed by atoms with E-state index in [0.717, 1.165) is 18.4 Å². The van der Waals surface area contributed by atoms with Crippen LogP contribution in [0.25, 0.3) is 0 Å². The summed E-state index contributed by atoms with van der Waals surface area (Å²) < 4.78 is 13.1. The van der Waals surface area contributed by atoms with E-state index >= 15 is 0 Å². The van der Waals surface area contributed by atoms with Crippen molar-refractivity contribution in [1.29, 1.82) is 0 Å². The van der Waals surface area contributed by atoms with Gasteiger partial charge in [-0.3, -0.25) is 4.79 Å². The largest absolute Gasteiger partial charge is 0.311 e. The van der Waals surface area contributed by atoms with Crippen LogP contribution < -0.4 is 5.32 Å². The normalized spacial score (nSPS) is 30.1. The molecule has 102 valence electrons. The fourth-order valence-corrected chi connectivity index (χ4v) is 3.52. The second-order valence-electron chi connectivity index (χ2n) is 5.93. The van der Waals surface area contributed by atoms with E-state index < -0.39 is 0 Å². The van der Waals surface area contributed by atoms with Crippen molar-refractivity contribution in [2.75, 3.05) is 0 Å². The molecule has 0 aliphatic carbocycles. The van der Waals surface area contributed by atoms with Gasteiger partial charge in [-0.1, -0.05) is 18.6 Å². The fourth-order valence-electron chi connectivity index (χ4n) is 3.52. The lowest BCUT2D eigenvalue weighted by Gasteiger charge is -2.39. The maximum absolute atomic E-state index is 13.1. The Morgan fingerprint density at radius 1 is 1.26 bits per heavy atom. The van der Waals surface area contributed by atoms with E-state index in [-0.39, 0.29) is 17.5 Å². The van der Waals surface area contributed by atoms with Gasteiger partial charge in [0.15, 0.2) is 0 Å². The second-order valence-corrected chi connectivity index (χ2v) is 5.93. The van der Waals surface area contributed by atoms with Crippen molar-refractivity contribution in [3.8, 4) is 0 Å². The van der Waals surface area contributed by atoms with Gasteiger partial charge in [0.2, 0.25) is 0 Å². The smallest absolute Gasteiger partial charge is 0.140 e. The number of hydrogen-bond acceptors (Lipinski definition) is 2. The first-order chi connectivity index (χ1) is 9.20. The summed E-state index contributed by atoms with van der Waals surface area (Å²) in [5, 5.41) is 3.60. The molecule has 2 saturated heterocycles. The van der Waals surface area contributed by atoms with Gasteiger partial charge in [0.05, 0.1) is 0 Å². The maximum Gasteiger partial charge on any atom is 0.140 e. The lowest BCUT2D eigenvalue weighted by atomic mass is 9.77. The molecule has 0 radical (unpaired) electrons. The molecule has 2 nitrogen and oxygen atoms in total. The number of nitrogens with one attached hydrogen (secondary N) is 1. The summed E-state index contributed by atoms with van der Waals surface area (Å²) in [6, 6.07) is 7.45. The van der Waals surface area contributed by atoms with Crippen LogP contribution in [0.4, 0.5) is 4.39 Å². The molecule has 0 spiro atoms. The molecular weight excluding hydrogens is 241 g/mol. The van der Waals surface area contributed by atoms with Crippen molar-refractivity contribution in [2.45, 2.75) is 50.6 Å². The summed E-state index contributed by atoms with van der Waals surface area (Å²) in [5.41, 5.74) is 0.800. The number of rotatable bonds is 3. The van der Waals surface area contributed by atoms with Crippen molar-refractivity contribution in [3.63, 3.8) is 0 Å². The number of ketones is 1. The number of benzene rings is 1. The van der Waals surface area contributed by atoms with Gasteiger partial charge in [0, 0.05) is 24.4 Å². The Balaban J connectivity index is 1.64. The Bertz CT molecular complexity index is 462. The highest BCUT2D eigenvalue weighted by atomic mass is 19.1. The van der Waals surface area contributed by atoms with Gasteiger partial charge in [0.25, 0.3) is 0 Å². The van der Waals surface area contributed by atoms with Crippen LogP contribution in [0.5, 0.6) is 0 Å². The molecule has 2 aliphatic heterocycles. The van der Waals surface area contributed by atoms with Gasteiger partial charge >= 0.3 is 0 Å². The molecule has 19 heavy (non-hydrogen) atoms. The van der Waals surface area contributed by atoms with E-state index in [4.69, 9.17) is 0 Å². The van der Waals surface area contributed by atoms with Crippen molar-refractivity contribution in [2.24, 2.45) is 5.92 Å². The summed E-state index contributed by atoms with van der Waals surface area (Å²) in [5.74, 6) is 0.191. The second kappa shape index (κ2) is 5.41. The van der Waals surface area contributed by atoms with Crippen LogP contribution in [0.2, 0.25) is 0 Å². The van der Waals surface area contributed by atoms with Crippen molar-refractivity contribution in [1.82, 2.24) is 5.32 Å². The summed E-state index contributed by atoms with van der Waals surface area (Å²) >= 11 is 0. The highest BCUT2D eigenvalue weighted by Gasteiger charge is 2.34. The molecule has 2 heterocycles. The molecule has 1 aromatic rings. The Hall–Kier alpha value is -1.22. The minimum absolute atomic E-state index is 0.166. The first-order valence-electron chi connectivity index (χ1n) is 7.24. The highest BCUT2D eigenvalue weighted by Crippen LogP contribution is 2.30. The number of fused-ring (bicyclic) bond motifs is 2. The molecule has 1 N–H and O–H groups in total. The molecule has 0 aromatic heterocycles. The maximum atomic E-state index is 13.1. The molecule has 1 aromatic carbocycles. The number of piperidine rings is 2. The van der Waals surface area contributed by atoms with E-state index in [1.165, 1.54) is 31.4 Å². The van der Waals surface area contributed by atoms with E-state index in [1.807, 2.05) is 6.07 Å². The number of hydrogen-bond donors (Lipinski definition) is 1. The summed E-state index contributed by atoms with van der Waals surface area (Å²) in [6.07, 6.45) is 5.98. The molecule has 2 atom stereocenters. The number of carbonyl (C=O) groups excluding carboxylic acids is 1. The van der Waals surface area contributed by atoms with Crippen molar-refractivity contribution < 1.29 is 9.18 Å². The van der Waals surface area contributed by atoms with Gasteiger partial charge in [-0.2, -0.15) is 0 Å². The molecule has 3 heteroatoms. The van der Waals surface area contributed by atoms with E-state index in [2.05, 4.69) is 5.32 Å². The van der Waals surface area contributed by atoms with Gasteiger partial charge in [0.1, 0.15) is 11.6 Å². The van der Waals surface area contributed by atoms with Gasteiger partial charge in [-0.25, -0.2) is 4.39 Å². The van der Waals surface area contributed by atoms with Crippen LogP contribution in [0.1, 0.15) is 37.7 Å². The van der Waals surface area contributed by atoms with E-state index in [1.54, 1.807) is 6.07 Å². The lowest BCUT2D eigenvalue weighted by molar-refractivity contribution is -0.124. The van der Waals surface area contributed by atoms with Crippen molar-refractivity contribution >= 4 is 5.78 Å².